The Morgan fingerprint density at radius 2 is 1.85 bits per heavy atom. The van der Waals surface area contributed by atoms with Gasteiger partial charge in [0.1, 0.15) is 17.4 Å². The van der Waals surface area contributed by atoms with Crippen molar-refractivity contribution in [2.45, 2.75) is 11.6 Å². The van der Waals surface area contributed by atoms with Crippen LogP contribution in [0.15, 0.2) is 47.6 Å². The molecule has 0 aliphatic rings. The van der Waals surface area contributed by atoms with E-state index in [4.69, 9.17) is 0 Å². The molecule has 3 rings (SSSR count). The lowest BCUT2D eigenvalue weighted by Crippen LogP contribution is -2.27. The van der Waals surface area contributed by atoms with Crippen LogP contribution in [0.5, 0.6) is 5.75 Å². The van der Waals surface area contributed by atoms with Crippen LogP contribution in [0, 0.1) is 11.6 Å². The van der Waals surface area contributed by atoms with E-state index in [1.54, 1.807) is 12.1 Å². The Kier molecular flexibility index (Phi) is 5.97. The summed E-state index contributed by atoms with van der Waals surface area (Å²) in [5.41, 5.74) is 0.581. The van der Waals surface area contributed by atoms with Crippen molar-refractivity contribution in [3.05, 3.63) is 59.7 Å². The molecule has 0 bridgehead atoms. The fourth-order valence-corrected chi connectivity index (χ4v) is 3.02. The molecule has 3 aromatic rings. The molecule has 0 aliphatic carbocycles. The first-order valence-corrected chi connectivity index (χ1v) is 8.93. The average Bonchev–Trinajstić information content (AvgIpc) is 3.11. The second-order valence-corrected chi connectivity index (χ2v) is 6.42. The Labute approximate surface area is 157 Å². The number of amides is 1. The van der Waals surface area contributed by atoms with Gasteiger partial charge in [-0.05, 0) is 53.2 Å². The Balaban J connectivity index is 1.51. The SMILES string of the molecule is O=C(CSc1nnnn1-c1ccc(O)cc1)NCCc1c(F)cccc1F. The van der Waals surface area contributed by atoms with E-state index in [1.807, 2.05) is 0 Å². The number of hydrogen-bond donors (Lipinski definition) is 2. The van der Waals surface area contributed by atoms with E-state index in [9.17, 15) is 18.7 Å². The maximum atomic E-state index is 13.5. The third kappa shape index (κ3) is 4.79. The van der Waals surface area contributed by atoms with Crippen molar-refractivity contribution in [2.75, 3.05) is 12.3 Å². The van der Waals surface area contributed by atoms with Crippen molar-refractivity contribution in [2.24, 2.45) is 0 Å². The molecular formula is C17H15F2N5O2S. The predicted octanol–water partition coefficient (Wildman–Crippen LogP) is 2.10. The van der Waals surface area contributed by atoms with Gasteiger partial charge in [-0.1, -0.05) is 17.8 Å². The molecule has 0 spiro atoms. The van der Waals surface area contributed by atoms with Crippen LogP contribution >= 0.6 is 11.8 Å². The maximum absolute atomic E-state index is 13.5. The molecule has 1 amide bonds. The second kappa shape index (κ2) is 8.58. The summed E-state index contributed by atoms with van der Waals surface area (Å²) in [6, 6.07) is 9.93. The first-order chi connectivity index (χ1) is 13.0. The number of halogens is 2. The van der Waals surface area contributed by atoms with Crippen molar-refractivity contribution in [1.29, 1.82) is 0 Å². The predicted molar refractivity (Wildman–Crippen MR) is 94.6 cm³/mol. The summed E-state index contributed by atoms with van der Waals surface area (Å²) < 4.78 is 28.5. The third-order valence-corrected chi connectivity index (χ3v) is 4.55. The highest BCUT2D eigenvalue weighted by molar-refractivity contribution is 7.99. The van der Waals surface area contributed by atoms with E-state index in [1.165, 1.54) is 35.0 Å². The van der Waals surface area contributed by atoms with Gasteiger partial charge in [-0.3, -0.25) is 4.79 Å². The standard InChI is InChI=1S/C17H15F2N5O2S/c18-14-2-1-3-15(19)13(14)8-9-20-16(26)10-27-17-21-22-23-24(17)11-4-6-12(25)7-5-11/h1-7,25H,8-10H2,(H,20,26). The van der Waals surface area contributed by atoms with Gasteiger partial charge < -0.3 is 10.4 Å². The Morgan fingerprint density at radius 3 is 2.56 bits per heavy atom. The highest BCUT2D eigenvalue weighted by atomic mass is 32.2. The lowest BCUT2D eigenvalue weighted by Gasteiger charge is -2.07. The Hall–Kier alpha value is -3.01. The number of aromatic nitrogens is 4. The average molecular weight is 391 g/mol. The highest BCUT2D eigenvalue weighted by Gasteiger charge is 2.12. The Morgan fingerprint density at radius 1 is 1.15 bits per heavy atom. The molecule has 7 nitrogen and oxygen atoms in total. The number of carbonyl (C=O) groups excluding carboxylic acids is 1. The molecule has 0 unspecified atom stereocenters. The van der Waals surface area contributed by atoms with E-state index in [2.05, 4.69) is 20.8 Å². The van der Waals surface area contributed by atoms with Gasteiger partial charge in [0, 0.05) is 12.1 Å². The third-order valence-electron chi connectivity index (χ3n) is 3.63. The minimum atomic E-state index is -0.633. The lowest BCUT2D eigenvalue weighted by molar-refractivity contribution is -0.118. The monoisotopic (exact) mass is 391 g/mol. The van der Waals surface area contributed by atoms with Gasteiger partial charge in [0.25, 0.3) is 0 Å². The number of nitrogens with zero attached hydrogens (tertiary/aromatic N) is 4. The summed E-state index contributed by atoms with van der Waals surface area (Å²) in [7, 11) is 0. The molecule has 0 saturated heterocycles. The van der Waals surface area contributed by atoms with Gasteiger partial charge in [0.2, 0.25) is 11.1 Å². The molecular weight excluding hydrogens is 376 g/mol. The fourth-order valence-electron chi connectivity index (χ4n) is 2.30. The summed E-state index contributed by atoms with van der Waals surface area (Å²) in [6.45, 7) is 0.111. The smallest absolute Gasteiger partial charge is 0.230 e. The summed E-state index contributed by atoms with van der Waals surface area (Å²) >= 11 is 1.12. The number of thioether (sulfide) groups is 1. The van der Waals surface area contributed by atoms with Crippen molar-refractivity contribution in [3.8, 4) is 11.4 Å². The van der Waals surface area contributed by atoms with Gasteiger partial charge in [0.15, 0.2) is 0 Å². The summed E-state index contributed by atoms with van der Waals surface area (Å²) in [5, 5.41) is 23.6. The van der Waals surface area contributed by atoms with E-state index < -0.39 is 11.6 Å². The van der Waals surface area contributed by atoms with Gasteiger partial charge >= 0.3 is 0 Å². The van der Waals surface area contributed by atoms with Crippen LogP contribution in [0.3, 0.4) is 0 Å². The molecule has 0 atom stereocenters. The lowest BCUT2D eigenvalue weighted by atomic mass is 10.1. The molecule has 2 N–H and O–H groups in total. The highest BCUT2D eigenvalue weighted by Crippen LogP contribution is 2.19. The zero-order valence-electron chi connectivity index (χ0n) is 14.0. The van der Waals surface area contributed by atoms with Crippen molar-refractivity contribution >= 4 is 17.7 Å². The molecule has 140 valence electrons. The number of phenols is 1. The molecule has 0 fully saturated rings. The number of aromatic hydroxyl groups is 1. The molecule has 0 radical (unpaired) electrons. The largest absolute Gasteiger partial charge is 0.508 e. The first kappa shape index (κ1) is 18.8. The van der Waals surface area contributed by atoms with Crippen LogP contribution in [0.4, 0.5) is 8.78 Å². The number of benzene rings is 2. The van der Waals surface area contributed by atoms with Gasteiger partial charge in [0.05, 0.1) is 11.4 Å². The zero-order valence-corrected chi connectivity index (χ0v) is 14.8. The second-order valence-electron chi connectivity index (χ2n) is 5.48. The summed E-state index contributed by atoms with van der Waals surface area (Å²) in [5.74, 6) is -1.42. The molecule has 0 aliphatic heterocycles. The quantitative estimate of drug-likeness (QED) is 0.599. The van der Waals surface area contributed by atoms with E-state index >= 15 is 0 Å². The minimum Gasteiger partial charge on any atom is -0.508 e. The van der Waals surface area contributed by atoms with Gasteiger partial charge in [-0.2, -0.15) is 4.68 Å². The van der Waals surface area contributed by atoms with Crippen molar-refractivity contribution < 1.29 is 18.7 Å². The molecule has 2 aromatic carbocycles. The fraction of sp³-hybridized carbons (Fsp3) is 0.176. The number of rotatable bonds is 7. The molecule has 27 heavy (non-hydrogen) atoms. The number of nitrogens with one attached hydrogen (secondary N) is 1. The van der Waals surface area contributed by atoms with Gasteiger partial charge in [-0.15, -0.1) is 5.10 Å². The van der Waals surface area contributed by atoms with Crippen LogP contribution in [0.2, 0.25) is 0 Å². The van der Waals surface area contributed by atoms with Crippen LogP contribution in [0.1, 0.15) is 5.56 Å². The first-order valence-electron chi connectivity index (χ1n) is 7.95. The zero-order chi connectivity index (χ0) is 19.2. The van der Waals surface area contributed by atoms with E-state index in [-0.39, 0.29) is 35.9 Å². The van der Waals surface area contributed by atoms with Crippen LogP contribution in [0.25, 0.3) is 5.69 Å². The molecule has 1 heterocycles. The van der Waals surface area contributed by atoms with Crippen LogP contribution in [-0.2, 0) is 11.2 Å². The number of carbonyl (C=O) groups is 1. The molecule has 0 saturated carbocycles. The van der Waals surface area contributed by atoms with E-state index in [0.717, 1.165) is 11.8 Å². The minimum absolute atomic E-state index is 0.0399. The van der Waals surface area contributed by atoms with Crippen molar-refractivity contribution in [1.82, 2.24) is 25.5 Å². The van der Waals surface area contributed by atoms with Crippen LogP contribution in [-0.4, -0.2) is 43.5 Å². The van der Waals surface area contributed by atoms with Gasteiger partial charge in [-0.25, -0.2) is 8.78 Å². The van der Waals surface area contributed by atoms with E-state index in [0.29, 0.717) is 10.8 Å². The number of phenolic OH excluding ortho intramolecular Hbond substituents is 1. The summed E-state index contributed by atoms with van der Waals surface area (Å²) in [6.07, 6.45) is 0.0557. The molecule has 1 aromatic heterocycles. The van der Waals surface area contributed by atoms with Crippen LogP contribution < -0.4 is 5.32 Å². The topological polar surface area (TPSA) is 92.9 Å². The number of hydrogen-bond acceptors (Lipinski definition) is 6. The van der Waals surface area contributed by atoms with Crippen molar-refractivity contribution in [3.63, 3.8) is 0 Å². The normalized spacial score (nSPS) is 10.7. The molecule has 10 heteroatoms. The summed E-state index contributed by atoms with van der Waals surface area (Å²) in [4.78, 5) is 12.0. The maximum Gasteiger partial charge on any atom is 0.230 e. The number of tetrazole rings is 1. The Bertz CT molecular complexity index is 913.